The Balaban J connectivity index is 3.01. The molecule has 4 atom stereocenters. The monoisotopic (exact) mass is 559 g/mol. The molecule has 0 fully saturated rings. The van der Waals surface area contributed by atoms with Crippen molar-refractivity contribution in [2.45, 2.75) is 84.5 Å². The molecular weight excluding hydrogens is 514 g/mol. The minimum Gasteiger partial charge on any atom is -0.463 e. The molecular formula is C29H45N5O6. The molecule has 0 aromatic heterocycles. The van der Waals surface area contributed by atoms with E-state index in [-0.39, 0.29) is 31.3 Å². The van der Waals surface area contributed by atoms with E-state index in [0.29, 0.717) is 12.8 Å². The first-order valence-corrected chi connectivity index (χ1v) is 13.7. The van der Waals surface area contributed by atoms with Crippen LogP contribution in [0.2, 0.25) is 0 Å². The molecule has 40 heavy (non-hydrogen) atoms. The van der Waals surface area contributed by atoms with Crippen LogP contribution in [0.1, 0.15) is 59.4 Å². The molecule has 0 bridgehead atoms. The highest BCUT2D eigenvalue weighted by atomic mass is 16.5. The largest absolute Gasteiger partial charge is 0.463 e. The van der Waals surface area contributed by atoms with Crippen LogP contribution in [0.15, 0.2) is 42.5 Å². The maximum absolute atomic E-state index is 13.3. The number of primary amides is 1. The first-order valence-electron chi connectivity index (χ1n) is 13.7. The van der Waals surface area contributed by atoms with Gasteiger partial charge in [-0.2, -0.15) is 0 Å². The molecule has 11 nitrogen and oxygen atoms in total. The SMILES string of the molecule is CCOC(=O)/C=C/[C@H](CC(C)C)NC(=O)[C@H](CCC(N)=O)NC(=O)[C@@H](NC(=O)[C@@H](N)Cc1ccccc1)C(C)C. The smallest absolute Gasteiger partial charge is 0.330 e. The maximum Gasteiger partial charge on any atom is 0.330 e. The molecule has 0 heterocycles. The zero-order valence-corrected chi connectivity index (χ0v) is 24.1. The Morgan fingerprint density at radius 3 is 2.12 bits per heavy atom. The predicted molar refractivity (Wildman–Crippen MR) is 152 cm³/mol. The van der Waals surface area contributed by atoms with Gasteiger partial charge in [0.25, 0.3) is 0 Å². The number of carbonyl (C=O) groups excluding carboxylic acids is 5. The second-order valence-corrected chi connectivity index (χ2v) is 10.4. The van der Waals surface area contributed by atoms with Crippen molar-refractivity contribution < 1.29 is 28.7 Å². The molecule has 11 heteroatoms. The van der Waals surface area contributed by atoms with Gasteiger partial charge in [-0.1, -0.05) is 64.1 Å². The Kier molecular flexibility index (Phi) is 15.2. The van der Waals surface area contributed by atoms with Gasteiger partial charge in [0.2, 0.25) is 23.6 Å². The summed E-state index contributed by atoms with van der Waals surface area (Å²) >= 11 is 0. The van der Waals surface area contributed by atoms with Crippen LogP contribution in [-0.2, 0) is 35.1 Å². The molecule has 0 radical (unpaired) electrons. The second kappa shape index (κ2) is 17.8. The third-order valence-electron chi connectivity index (χ3n) is 6.00. The molecule has 0 saturated heterocycles. The lowest BCUT2D eigenvalue weighted by atomic mass is 10.00. The Morgan fingerprint density at radius 1 is 0.925 bits per heavy atom. The number of benzene rings is 1. The Hall–Kier alpha value is -3.73. The van der Waals surface area contributed by atoms with E-state index in [1.807, 2.05) is 44.2 Å². The highest BCUT2D eigenvalue weighted by molar-refractivity contribution is 5.93. The van der Waals surface area contributed by atoms with E-state index in [2.05, 4.69) is 16.0 Å². The summed E-state index contributed by atoms with van der Waals surface area (Å²) in [5.74, 6) is -2.97. The number of nitrogens with one attached hydrogen (secondary N) is 3. The first kappa shape index (κ1) is 34.3. The van der Waals surface area contributed by atoms with Crippen LogP contribution in [0, 0.1) is 11.8 Å². The third kappa shape index (κ3) is 13.4. The predicted octanol–water partition coefficient (Wildman–Crippen LogP) is 1.10. The molecule has 222 valence electrons. The number of hydrogen-bond acceptors (Lipinski definition) is 7. The van der Waals surface area contributed by atoms with Crippen molar-refractivity contribution in [1.82, 2.24) is 16.0 Å². The highest BCUT2D eigenvalue weighted by Crippen LogP contribution is 2.10. The number of esters is 1. The molecule has 0 aliphatic heterocycles. The number of amides is 4. The summed E-state index contributed by atoms with van der Waals surface area (Å²) < 4.78 is 4.91. The molecule has 0 unspecified atom stereocenters. The van der Waals surface area contributed by atoms with E-state index in [1.54, 1.807) is 20.8 Å². The number of nitrogens with two attached hydrogens (primary N) is 2. The summed E-state index contributed by atoms with van der Waals surface area (Å²) in [6.07, 6.45) is 3.40. The summed E-state index contributed by atoms with van der Waals surface area (Å²) in [5.41, 5.74) is 12.3. The molecule has 0 aliphatic carbocycles. The summed E-state index contributed by atoms with van der Waals surface area (Å²) in [6, 6.07) is 5.78. The van der Waals surface area contributed by atoms with Gasteiger partial charge in [-0.25, -0.2) is 4.79 Å². The van der Waals surface area contributed by atoms with E-state index >= 15 is 0 Å². The van der Waals surface area contributed by atoms with Crippen molar-refractivity contribution in [2.75, 3.05) is 6.61 Å². The molecule has 4 amide bonds. The fraction of sp³-hybridized carbons (Fsp3) is 0.552. The number of carbonyl (C=O) groups is 5. The molecule has 1 aromatic rings. The van der Waals surface area contributed by atoms with Crippen molar-refractivity contribution in [2.24, 2.45) is 23.3 Å². The second-order valence-electron chi connectivity index (χ2n) is 10.4. The van der Waals surface area contributed by atoms with Gasteiger partial charge in [-0.3, -0.25) is 19.2 Å². The van der Waals surface area contributed by atoms with Crippen LogP contribution >= 0.6 is 0 Å². The fourth-order valence-electron chi connectivity index (χ4n) is 3.93. The Morgan fingerprint density at radius 2 is 1.57 bits per heavy atom. The topological polar surface area (TPSA) is 183 Å². The number of hydrogen-bond donors (Lipinski definition) is 5. The quantitative estimate of drug-likeness (QED) is 0.140. The fourth-order valence-corrected chi connectivity index (χ4v) is 3.93. The van der Waals surface area contributed by atoms with Gasteiger partial charge in [0, 0.05) is 18.5 Å². The molecule has 1 rings (SSSR count). The minimum absolute atomic E-state index is 0.0464. The van der Waals surface area contributed by atoms with Crippen LogP contribution in [0.3, 0.4) is 0 Å². The third-order valence-corrected chi connectivity index (χ3v) is 6.00. The molecule has 0 aliphatic rings. The van der Waals surface area contributed by atoms with E-state index in [0.717, 1.165) is 5.56 Å². The van der Waals surface area contributed by atoms with Crippen LogP contribution in [0.25, 0.3) is 0 Å². The van der Waals surface area contributed by atoms with E-state index < -0.39 is 53.8 Å². The first-order chi connectivity index (χ1) is 18.8. The number of rotatable bonds is 17. The Labute approximate surface area is 236 Å². The zero-order chi connectivity index (χ0) is 30.2. The highest BCUT2D eigenvalue weighted by Gasteiger charge is 2.31. The van der Waals surface area contributed by atoms with Crippen molar-refractivity contribution in [3.63, 3.8) is 0 Å². The lowest BCUT2D eigenvalue weighted by Gasteiger charge is -2.27. The normalized spacial score (nSPS) is 14.3. The van der Waals surface area contributed by atoms with Gasteiger partial charge in [-0.15, -0.1) is 0 Å². The average Bonchev–Trinajstić information content (AvgIpc) is 2.87. The van der Waals surface area contributed by atoms with Gasteiger partial charge >= 0.3 is 5.97 Å². The van der Waals surface area contributed by atoms with Crippen molar-refractivity contribution in [3.05, 3.63) is 48.0 Å². The van der Waals surface area contributed by atoms with Gasteiger partial charge in [0.1, 0.15) is 12.1 Å². The standard InChI is InChI=1S/C29H45N5O6/c1-6-40-25(36)15-12-21(16-18(2)3)32-28(38)23(13-14-24(31)35)33-29(39)26(19(4)5)34-27(37)22(30)17-20-10-8-7-9-11-20/h7-12,15,18-19,21-23,26H,6,13-14,16-17,30H2,1-5H3,(H2,31,35)(H,32,38)(H,33,39)(H,34,37)/b15-12+/t21-,22+,23+,26+/m1/s1. The summed E-state index contributed by atoms with van der Waals surface area (Å²) in [4.78, 5) is 62.6. The minimum atomic E-state index is -1.11. The summed E-state index contributed by atoms with van der Waals surface area (Å²) in [5, 5.41) is 8.18. The van der Waals surface area contributed by atoms with Crippen molar-refractivity contribution in [1.29, 1.82) is 0 Å². The van der Waals surface area contributed by atoms with Crippen molar-refractivity contribution >= 4 is 29.6 Å². The van der Waals surface area contributed by atoms with Crippen molar-refractivity contribution in [3.8, 4) is 0 Å². The lowest BCUT2D eigenvalue weighted by molar-refractivity contribution is -0.137. The van der Waals surface area contributed by atoms with E-state index in [1.165, 1.54) is 12.2 Å². The zero-order valence-electron chi connectivity index (χ0n) is 24.1. The average molecular weight is 560 g/mol. The molecule has 0 spiro atoms. The van der Waals surface area contributed by atoms with Crippen LogP contribution in [-0.4, -0.2) is 60.4 Å². The molecule has 7 N–H and O–H groups in total. The Bertz CT molecular complexity index is 1010. The van der Waals surface area contributed by atoms with E-state index in [9.17, 15) is 24.0 Å². The maximum atomic E-state index is 13.3. The lowest BCUT2D eigenvalue weighted by Crippen LogP contribution is -2.58. The van der Waals surface area contributed by atoms with Crippen LogP contribution in [0.4, 0.5) is 0 Å². The van der Waals surface area contributed by atoms with Gasteiger partial charge < -0.3 is 32.2 Å². The summed E-state index contributed by atoms with van der Waals surface area (Å²) in [7, 11) is 0. The molecule has 1 aromatic carbocycles. The van der Waals surface area contributed by atoms with Crippen LogP contribution < -0.4 is 27.4 Å². The van der Waals surface area contributed by atoms with Gasteiger partial charge in [-0.05, 0) is 43.6 Å². The van der Waals surface area contributed by atoms with Gasteiger partial charge in [0.05, 0.1) is 12.6 Å². The molecule has 0 saturated carbocycles. The van der Waals surface area contributed by atoms with Crippen LogP contribution in [0.5, 0.6) is 0 Å². The number of ether oxygens (including phenoxy) is 1. The van der Waals surface area contributed by atoms with Gasteiger partial charge in [0.15, 0.2) is 0 Å². The summed E-state index contributed by atoms with van der Waals surface area (Å²) in [6.45, 7) is 9.34. The van der Waals surface area contributed by atoms with E-state index in [4.69, 9.17) is 16.2 Å².